The van der Waals surface area contributed by atoms with Crippen LogP contribution >= 0.6 is 11.6 Å². The van der Waals surface area contributed by atoms with Crippen LogP contribution in [0.25, 0.3) is 11.3 Å². The van der Waals surface area contributed by atoms with E-state index < -0.39 is 5.82 Å². The number of aromatic nitrogens is 2. The minimum absolute atomic E-state index is 0.0296. The monoisotopic (exact) mass is 427 g/mol. The highest BCUT2D eigenvalue weighted by Gasteiger charge is 2.55. The molecule has 4 rings (SSSR count). The number of anilines is 1. The van der Waals surface area contributed by atoms with Crippen molar-refractivity contribution in [2.75, 3.05) is 11.9 Å². The first-order valence-electron chi connectivity index (χ1n) is 10.3. The molecule has 1 radical (unpaired) electrons. The summed E-state index contributed by atoms with van der Waals surface area (Å²) >= 11 is 5.86. The molecule has 1 unspecified atom stereocenters. The molecular formula is C22H26BClFN4O. The highest BCUT2D eigenvalue weighted by atomic mass is 35.5. The molecule has 2 saturated heterocycles. The first kappa shape index (κ1) is 21.3. The summed E-state index contributed by atoms with van der Waals surface area (Å²) in [7, 11) is 3.76. The third-order valence-corrected chi connectivity index (χ3v) is 7.32. The van der Waals surface area contributed by atoms with Crippen LogP contribution in [0.3, 0.4) is 0 Å². The predicted molar refractivity (Wildman–Crippen MR) is 119 cm³/mol. The lowest BCUT2D eigenvalue weighted by atomic mass is 9.73. The lowest BCUT2D eigenvalue weighted by Gasteiger charge is -2.52. The summed E-state index contributed by atoms with van der Waals surface area (Å²) in [4.78, 5) is 15.6. The van der Waals surface area contributed by atoms with E-state index in [1.807, 2.05) is 26.1 Å². The van der Waals surface area contributed by atoms with Crippen molar-refractivity contribution < 1.29 is 9.18 Å². The van der Waals surface area contributed by atoms with Crippen molar-refractivity contribution in [1.82, 2.24) is 15.0 Å². The van der Waals surface area contributed by atoms with Gasteiger partial charge < -0.3 is 14.5 Å². The van der Waals surface area contributed by atoms with Crippen LogP contribution in [0.1, 0.15) is 45.1 Å². The molecule has 3 atom stereocenters. The van der Waals surface area contributed by atoms with Crippen LogP contribution in [0.15, 0.2) is 24.3 Å². The minimum Gasteiger partial charge on any atom is -0.355 e. The van der Waals surface area contributed by atoms with Gasteiger partial charge in [-0.1, -0.05) is 11.6 Å². The lowest BCUT2D eigenvalue weighted by molar-refractivity contribution is 0.0851. The van der Waals surface area contributed by atoms with Gasteiger partial charge in [-0.3, -0.25) is 0 Å². The molecular weight excluding hydrogens is 402 g/mol. The minimum atomic E-state index is -0.462. The number of piperidine rings is 1. The molecule has 0 saturated carbocycles. The third kappa shape index (κ3) is 3.52. The Morgan fingerprint density at radius 1 is 1.23 bits per heavy atom. The Morgan fingerprint density at radius 2 is 1.90 bits per heavy atom. The van der Waals surface area contributed by atoms with Crippen molar-refractivity contribution >= 4 is 31.0 Å². The number of benzene rings is 1. The van der Waals surface area contributed by atoms with Gasteiger partial charge in [0.1, 0.15) is 5.82 Å². The Bertz CT molecular complexity index is 954. The molecule has 3 heterocycles. The quantitative estimate of drug-likeness (QED) is 0.527. The van der Waals surface area contributed by atoms with Crippen molar-refractivity contribution in [1.29, 1.82) is 0 Å². The van der Waals surface area contributed by atoms with Crippen molar-refractivity contribution in [3.05, 3.63) is 40.7 Å². The van der Waals surface area contributed by atoms with Gasteiger partial charge in [0.2, 0.25) is 0 Å². The first-order valence-corrected chi connectivity index (χ1v) is 10.7. The van der Waals surface area contributed by atoms with Crippen LogP contribution in [0.4, 0.5) is 10.2 Å². The molecule has 2 aliphatic rings. The Labute approximate surface area is 182 Å². The number of hydrogen-bond acceptors (Lipinski definition) is 5. The van der Waals surface area contributed by atoms with E-state index in [0.29, 0.717) is 17.3 Å². The van der Waals surface area contributed by atoms with Gasteiger partial charge in [-0.2, -0.15) is 0 Å². The molecule has 0 N–H and O–H groups in total. The predicted octanol–water partition coefficient (Wildman–Crippen LogP) is 4.27. The van der Waals surface area contributed by atoms with Crippen LogP contribution < -0.4 is 4.90 Å². The Hall–Kier alpha value is -1.99. The standard InChI is InChI=1S/C22H26BClFN4O/c1-14-9-17(24)18(25)10-16(14)19-5-6-20(27-26-19)28(4)15-11-21(2)7-8-22(3,12-15)29(21)23-13-30/h5-6,9-10,13,15H,7-8,11-12H2,1-4H3/t15?,21-,22+. The molecule has 157 valence electrons. The number of halogens is 2. The number of carbonyl (C=O) groups is 1. The zero-order valence-corrected chi connectivity index (χ0v) is 18.6. The van der Waals surface area contributed by atoms with Crippen molar-refractivity contribution in [2.45, 2.75) is 63.6 Å². The summed E-state index contributed by atoms with van der Waals surface area (Å²) in [6.07, 6.45) is 4.95. The van der Waals surface area contributed by atoms with Crippen LogP contribution in [0, 0.1) is 12.7 Å². The molecule has 0 amide bonds. The number of carbonyl (C=O) groups excluding carboxylic acids is 1. The third-order valence-electron chi connectivity index (χ3n) is 7.03. The zero-order chi connectivity index (χ0) is 21.7. The second kappa shape index (κ2) is 7.61. The Kier molecular flexibility index (Phi) is 5.39. The summed E-state index contributed by atoms with van der Waals surface area (Å²) in [5.74, 6) is 0.325. The van der Waals surface area contributed by atoms with Gasteiger partial charge in [-0.05, 0) is 76.3 Å². The molecule has 2 fully saturated rings. The van der Waals surface area contributed by atoms with Gasteiger partial charge in [-0.25, -0.2) is 4.39 Å². The summed E-state index contributed by atoms with van der Waals surface area (Å²) in [6.45, 7) is 6.36. The fraction of sp³-hybridized carbons (Fsp3) is 0.500. The zero-order valence-electron chi connectivity index (χ0n) is 17.8. The summed E-state index contributed by atoms with van der Waals surface area (Å²) < 4.78 is 13.9. The Balaban J connectivity index is 1.56. The van der Waals surface area contributed by atoms with Crippen LogP contribution in [0.2, 0.25) is 5.02 Å². The highest BCUT2D eigenvalue weighted by Crippen LogP contribution is 2.50. The topological polar surface area (TPSA) is 49.3 Å². The van der Waals surface area contributed by atoms with E-state index in [1.165, 1.54) is 6.07 Å². The fourth-order valence-electron chi connectivity index (χ4n) is 5.38. The SMILES string of the molecule is Cc1cc(Cl)c(F)cc1-c1ccc(N(C)C2C[C@]3(C)CC[C@](C)(C2)N3[B]C=O)nn1. The number of nitrogens with zero attached hydrogens (tertiary/aromatic N) is 4. The number of aryl methyl sites for hydroxylation is 1. The maximum absolute atomic E-state index is 13.9. The van der Waals surface area contributed by atoms with E-state index in [0.717, 1.165) is 43.3 Å². The molecule has 30 heavy (non-hydrogen) atoms. The fourth-order valence-corrected chi connectivity index (χ4v) is 5.60. The van der Waals surface area contributed by atoms with E-state index in [1.54, 1.807) is 13.5 Å². The molecule has 1 aromatic heterocycles. The van der Waals surface area contributed by atoms with Gasteiger partial charge in [0.15, 0.2) is 5.82 Å². The summed E-state index contributed by atoms with van der Waals surface area (Å²) in [5.41, 5.74) is 2.10. The maximum atomic E-state index is 13.9. The lowest BCUT2D eigenvalue weighted by Crippen LogP contribution is -2.62. The van der Waals surface area contributed by atoms with Crippen molar-refractivity contribution in [3.63, 3.8) is 0 Å². The van der Waals surface area contributed by atoms with Gasteiger partial charge in [-0.15, -0.1) is 10.2 Å². The number of rotatable bonds is 5. The van der Waals surface area contributed by atoms with Gasteiger partial charge in [0.25, 0.3) is 7.41 Å². The maximum Gasteiger partial charge on any atom is 0.294 e. The summed E-state index contributed by atoms with van der Waals surface area (Å²) in [6, 6.07) is 7.12. The Morgan fingerprint density at radius 3 is 2.47 bits per heavy atom. The molecule has 2 bridgehead atoms. The molecule has 0 spiro atoms. The molecule has 5 nitrogen and oxygen atoms in total. The average molecular weight is 428 g/mol. The molecule has 1 aromatic carbocycles. The van der Waals surface area contributed by atoms with E-state index in [4.69, 9.17) is 11.6 Å². The number of fused-ring (bicyclic) bond motifs is 2. The molecule has 2 aliphatic heterocycles. The van der Waals surface area contributed by atoms with Gasteiger partial charge >= 0.3 is 0 Å². The second-order valence-electron chi connectivity index (χ2n) is 9.18. The normalized spacial score (nSPS) is 28.4. The van der Waals surface area contributed by atoms with E-state index >= 15 is 0 Å². The van der Waals surface area contributed by atoms with Gasteiger partial charge in [0, 0.05) is 29.7 Å². The average Bonchev–Trinajstić information content (AvgIpc) is 2.86. The number of hydrogen-bond donors (Lipinski definition) is 0. The van der Waals surface area contributed by atoms with Crippen molar-refractivity contribution in [3.8, 4) is 11.3 Å². The largest absolute Gasteiger partial charge is 0.355 e. The van der Waals surface area contributed by atoms with Gasteiger partial charge in [0.05, 0.1) is 16.9 Å². The van der Waals surface area contributed by atoms with Crippen LogP contribution in [-0.2, 0) is 4.79 Å². The molecule has 2 aromatic rings. The first-order chi connectivity index (χ1) is 14.2. The highest BCUT2D eigenvalue weighted by molar-refractivity contribution is 6.64. The summed E-state index contributed by atoms with van der Waals surface area (Å²) in [5, 5.41) is 8.91. The smallest absolute Gasteiger partial charge is 0.294 e. The van der Waals surface area contributed by atoms with Crippen molar-refractivity contribution in [2.24, 2.45) is 0 Å². The molecule has 0 aliphatic carbocycles. The van der Waals surface area contributed by atoms with E-state index in [-0.39, 0.29) is 16.1 Å². The van der Waals surface area contributed by atoms with Crippen LogP contribution in [-0.4, -0.2) is 52.8 Å². The van der Waals surface area contributed by atoms with E-state index in [2.05, 4.69) is 33.8 Å². The molecule has 8 heteroatoms. The second-order valence-corrected chi connectivity index (χ2v) is 9.59. The van der Waals surface area contributed by atoms with Crippen LogP contribution in [0.5, 0.6) is 0 Å². The van der Waals surface area contributed by atoms with E-state index in [9.17, 15) is 9.18 Å².